The van der Waals surface area contributed by atoms with Gasteiger partial charge in [-0.15, -0.1) is 0 Å². The number of aromatic nitrogens is 4. The number of nitriles is 2. The minimum Gasteiger partial charge on any atom is -0.309 e. The van der Waals surface area contributed by atoms with Gasteiger partial charge < -0.3 is 9.13 Å². The second kappa shape index (κ2) is 11.3. The molecule has 12 rings (SSSR count). The van der Waals surface area contributed by atoms with E-state index in [2.05, 4.69) is 118 Å². The number of nitrogens with zero attached hydrogens (tertiary/aromatic N) is 6. The molecule has 258 valence electrons. The van der Waals surface area contributed by atoms with Crippen LogP contribution in [-0.2, 0) is 5.41 Å². The van der Waals surface area contributed by atoms with Crippen LogP contribution in [0.5, 0.6) is 0 Å². The Morgan fingerprint density at radius 3 is 1.68 bits per heavy atom. The second-order valence-corrected chi connectivity index (χ2v) is 15.5. The van der Waals surface area contributed by atoms with E-state index in [4.69, 9.17) is 9.97 Å². The maximum Gasteiger partial charge on any atom is 0.0991 e. The average Bonchev–Trinajstić information content (AvgIpc) is 3.87. The molecule has 56 heavy (non-hydrogen) atoms. The Kier molecular flexibility index (Phi) is 6.24. The highest BCUT2D eigenvalue weighted by atomic mass is 32.2. The third-order valence-electron chi connectivity index (χ3n) is 11.7. The van der Waals surface area contributed by atoms with E-state index in [1.807, 2.05) is 60.9 Å². The molecule has 10 aromatic rings. The monoisotopic (exact) mass is 730 g/mol. The highest BCUT2D eigenvalue weighted by Gasteiger charge is 2.53. The van der Waals surface area contributed by atoms with Gasteiger partial charge in [0.05, 0.1) is 67.8 Å². The normalized spacial score (nSPS) is 13.4. The van der Waals surface area contributed by atoms with Gasteiger partial charge in [-0.2, -0.15) is 10.5 Å². The molecule has 0 atom stereocenters. The molecule has 1 aliphatic carbocycles. The van der Waals surface area contributed by atoms with E-state index in [1.165, 1.54) is 32.3 Å². The van der Waals surface area contributed by atoms with Crippen LogP contribution in [0.2, 0.25) is 0 Å². The van der Waals surface area contributed by atoms with Crippen molar-refractivity contribution in [1.82, 2.24) is 19.1 Å². The Bertz CT molecular complexity index is 3280. The predicted octanol–water partition coefficient (Wildman–Crippen LogP) is 11.2. The van der Waals surface area contributed by atoms with E-state index in [1.54, 1.807) is 11.8 Å². The number of para-hydroxylation sites is 2. The summed E-state index contributed by atoms with van der Waals surface area (Å²) < 4.78 is 4.70. The summed E-state index contributed by atoms with van der Waals surface area (Å²) in [6.07, 6.45) is 3.72. The van der Waals surface area contributed by atoms with Crippen LogP contribution >= 0.6 is 11.8 Å². The van der Waals surface area contributed by atoms with Gasteiger partial charge >= 0.3 is 0 Å². The Morgan fingerprint density at radius 2 is 1.07 bits per heavy atom. The van der Waals surface area contributed by atoms with Crippen molar-refractivity contribution < 1.29 is 0 Å². The molecule has 0 saturated carbocycles. The number of pyridine rings is 2. The van der Waals surface area contributed by atoms with Crippen LogP contribution in [0, 0.1) is 22.7 Å². The fraction of sp³-hybridized carbons (Fsp3) is 0.0204. The third-order valence-corrected chi connectivity index (χ3v) is 12.8. The first-order valence-corrected chi connectivity index (χ1v) is 19.3. The highest BCUT2D eigenvalue weighted by molar-refractivity contribution is 7.99. The van der Waals surface area contributed by atoms with Gasteiger partial charge in [0.2, 0.25) is 0 Å². The zero-order valence-corrected chi connectivity index (χ0v) is 30.4. The van der Waals surface area contributed by atoms with Gasteiger partial charge in [0, 0.05) is 55.0 Å². The topological polar surface area (TPSA) is 83.2 Å². The maximum absolute atomic E-state index is 9.93. The van der Waals surface area contributed by atoms with E-state index in [-0.39, 0.29) is 0 Å². The smallest absolute Gasteiger partial charge is 0.0991 e. The lowest BCUT2D eigenvalue weighted by atomic mass is 9.67. The molecule has 1 spiro atoms. The molecule has 5 heterocycles. The summed E-state index contributed by atoms with van der Waals surface area (Å²) in [6.45, 7) is 0. The van der Waals surface area contributed by atoms with Crippen LogP contribution in [0.25, 0.3) is 66.4 Å². The first-order chi connectivity index (χ1) is 27.7. The Balaban J connectivity index is 1.20. The maximum atomic E-state index is 9.93. The summed E-state index contributed by atoms with van der Waals surface area (Å²) >= 11 is 1.80. The highest BCUT2D eigenvalue weighted by Crippen LogP contribution is 2.63. The number of rotatable bonds is 2. The Hall–Kier alpha value is -7.45. The molecule has 2 aliphatic rings. The molecule has 7 heteroatoms. The largest absolute Gasteiger partial charge is 0.309 e. The van der Waals surface area contributed by atoms with E-state index in [0.29, 0.717) is 11.1 Å². The first-order valence-electron chi connectivity index (χ1n) is 18.4. The minimum absolute atomic E-state index is 0.574. The molecule has 1 aliphatic heterocycles. The fourth-order valence-electron chi connectivity index (χ4n) is 9.59. The molecule has 0 bridgehead atoms. The van der Waals surface area contributed by atoms with E-state index in [9.17, 15) is 10.5 Å². The average molecular weight is 731 g/mol. The SMILES string of the molecule is N#Cc1ccc2c(c1)c1cc(C#N)ccc1n2-c1cccc2c1C1(c3ccc(-n4c5ccccc5c5ccccc54)cc3S2)c2cccnc2-c2ncccc21. The summed E-state index contributed by atoms with van der Waals surface area (Å²) in [5.41, 5.74) is 13.0. The van der Waals surface area contributed by atoms with Crippen LogP contribution in [0.1, 0.15) is 33.4 Å². The van der Waals surface area contributed by atoms with Crippen LogP contribution in [0.4, 0.5) is 0 Å². The van der Waals surface area contributed by atoms with E-state index >= 15 is 0 Å². The van der Waals surface area contributed by atoms with Gasteiger partial charge in [-0.3, -0.25) is 9.97 Å². The Labute approximate surface area is 325 Å². The van der Waals surface area contributed by atoms with Crippen LogP contribution in [-0.4, -0.2) is 19.1 Å². The first kappa shape index (κ1) is 31.0. The van der Waals surface area contributed by atoms with Crippen LogP contribution in [0.15, 0.2) is 168 Å². The quantitative estimate of drug-likeness (QED) is 0.177. The molecule has 0 fully saturated rings. The van der Waals surface area contributed by atoms with Crippen molar-refractivity contribution >= 4 is 55.4 Å². The number of hydrogen-bond acceptors (Lipinski definition) is 5. The van der Waals surface area contributed by atoms with Gasteiger partial charge in [-0.25, -0.2) is 0 Å². The van der Waals surface area contributed by atoms with Crippen molar-refractivity contribution in [2.45, 2.75) is 15.2 Å². The standard InChI is InChI=1S/C49H26N6S/c50-27-29-16-20-41-34(24-29)35-25-30(28-51)17-21-42(35)55(41)43-14-5-15-44-46(43)49(37-10-6-22-52-47(37)48-38(49)11-7-23-53-48)36-19-18-31(26-45(36)56-44)54-39-12-3-1-8-32(39)33-9-2-4-13-40(33)54/h1-26H. The lowest BCUT2D eigenvalue weighted by Crippen LogP contribution is -2.33. The summed E-state index contributed by atoms with van der Waals surface area (Å²) in [4.78, 5) is 12.3. The second-order valence-electron chi connectivity index (χ2n) is 14.4. The summed E-state index contributed by atoms with van der Waals surface area (Å²) in [5.74, 6) is 0. The lowest BCUT2D eigenvalue weighted by molar-refractivity contribution is 0.712. The summed E-state index contributed by atoms with van der Waals surface area (Å²) in [5, 5.41) is 24.2. The number of benzene rings is 6. The number of fused-ring (bicyclic) bond motifs is 15. The molecule has 0 unspecified atom stereocenters. The molecule has 6 aromatic carbocycles. The predicted molar refractivity (Wildman–Crippen MR) is 222 cm³/mol. The molecule has 0 N–H and O–H groups in total. The van der Waals surface area contributed by atoms with E-state index in [0.717, 1.165) is 66.2 Å². The Morgan fingerprint density at radius 1 is 0.482 bits per heavy atom. The molecule has 6 nitrogen and oxygen atoms in total. The summed E-state index contributed by atoms with van der Waals surface area (Å²) in [7, 11) is 0. The van der Waals surface area contributed by atoms with Crippen LogP contribution in [0.3, 0.4) is 0 Å². The fourth-order valence-corrected chi connectivity index (χ4v) is 10.8. The van der Waals surface area contributed by atoms with Gasteiger partial charge in [0.15, 0.2) is 0 Å². The van der Waals surface area contributed by atoms with Gasteiger partial charge in [-0.05, 0) is 102 Å². The molecule has 0 radical (unpaired) electrons. The van der Waals surface area contributed by atoms with Crippen molar-refractivity contribution in [2.24, 2.45) is 0 Å². The molecule has 4 aromatic heterocycles. The van der Waals surface area contributed by atoms with Crippen molar-refractivity contribution in [1.29, 1.82) is 10.5 Å². The summed E-state index contributed by atoms with van der Waals surface area (Å²) in [6, 6.07) is 55.7. The molecule has 0 saturated heterocycles. The third kappa shape index (κ3) is 3.89. The number of hydrogen-bond donors (Lipinski definition) is 0. The molecular weight excluding hydrogens is 705 g/mol. The van der Waals surface area contributed by atoms with Gasteiger partial charge in [0.25, 0.3) is 0 Å². The minimum atomic E-state index is -0.763. The van der Waals surface area contributed by atoms with Crippen molar-refractivity contribution in [3.8, 4) is 34.9 Å². The van der Waals surface area contributed by atoms with Crippen molar-refractivity contribution in [3.05, 3.63) is 191 Å². The van der Waals surface area contributed by atoms with Crippen LogP contribution < -0.4 is 0 Å². The molecular formula is C49H26N6S. The van der Waals surface area contributed by atoms with Gasteiger partial charge in [-0.1, -0.05) is 72.4 Å². The van der Waals surface area contributed by atoms with E-state index < -0.39 is 5.41 Å². The van der Waals surface area contributed by atoms with Crippen molar-refractivity contribution in [2.75, 3.05) is 0 Å². The molecule has 0 amide bonds. The van der Waals surface area contributed by atoms with Crippen molar-refractivity contribution in [3.63, 3.8) is 0 Å². The lowest BCUT2D eigenvalue weighted by Gasteiger charge is -2.41. The zero-order valence-electron chi connectivity index (χ0n) is 29.6. The zero-order chi connectivity index (χ0) is 37.1. The van der Waals surface area contributed by atoms with Gasteiger partial charge in [0.1, 0.15) is 0 Å².